The zero-order valence-corrected chi connectivity index (χ0v) is 13.2. The second-order valence-electron chi connectivity index (χ2n) is 5.46. The molecule has 0 aliphatic heterocycles. The predicted octanol–water partition coefficient (Wildman–Crippen LogP) is 3.29. The SMILES string of the molecule is CCC(CC)C(=O)NCCCn1c(C)nc2ccccc21. The molecule has 2 rings (SSSR count). The van der Waals surface area contributed by atoms with Crippen molar-refractivity contribution in [2.45, 2.75) is 46.6 Å². The molecule has 1 aromatic carbocycles. The second-order valence-corrected chi connectivity index (χ2v) is 5.46. The van der Waals surface area contributed by atoms with Crippen LogP contribution in [0, 0.1) is 12.8 Å². The van der Waals surface area contributed by atoms with Gasteiger partial charge in [0.2, 0.25) is 5.91 Å². The minimum Gasteiger partial charge on any atom is -0.356 e. The van der Waals surface area contributed by atoms with E-state index >= 15 is 0 Å². The average molecular weight is 287 g/mol. The van der Waals surface area contributed by atoms with E-state index in [-0.39, 0.29) is 11.8 Å². The number of benzene rings is 1. The van der Waals surface area contributed by atoms with Crippen LogP contribution in [0.25, 0.3) is 11.0 Å². The van der Waals surface area contributed by atoms with Gasteiger partial charge in [-0.2, -0.15) is 0 Å². The largest absolute Gasteiger partial charge is 0.356 e. The summed E-state index contributed by atoms with van der Waals surface area (Å²) in [5.74, 6) is 1.37. The number of aryl methyl sites for hydroxylation is 2. The monoisotopic (exact) mass is 287 g/mol. The molecule has 0 aliphatic rings. The number of nitrogens with one attached hydrogen (secondary N) is 1. The Morgan fingerprint density at radius 3 is 2.71 bits per heavy atom. The van der Waals surface area contributed by atoms with E-state index in [2.05, 4.69) is 34.8 Å². The molecule has 0 aliphatic carbocycles. The van der Waals surface area contributed by atoms with Gasteiger partial charge < -0.3 is 9.88 Å². The number of para-hydroxylation sites is 2. The highest BCUT2D eigenvalue weighted by Crippen LogP contribution is 2.15. The van der Waals surface area contributed by atoms with Crippen LogP contribution in [0.15, 0.2) is 24.3 Å². The van der Waals surface area contributed by atoms with Gasteiger partial charge in [0, 0.05) is 19.0 Å². The number of nitrogens with zero attached hydrogens (tertiary/aromatic N) is 2. The summed E-state index contributed by atoms with van der Waals surface area (Å²) in [5, 5.41) is 3.04. The van der Waals surface area contributed by atoms with Crippen molar-refractivity contribution < 1.29 is 4.79 Å². The van der Waals surface area contributed by atoms with Gasteiger partial charge in [0.25, 0.3) is 0 Å². The van der Waals surface area contributed by atoms with Gasteiger partial charge in [0.05, 0.1) is 11.0 Å². The van der Waals surface area contributed by atoms with E-state index in [4.69, 9.17) is 0 Å². The Balaban J connectivity index is 1.88. The fourth-order valence-electron chi connectivity index (χ4n) is 2.73. The molecule has 2 aromatic rings. The lowest BCUT2D eigenvalue weighted by Gasteiger charge is -2.13. The standard InChI is InChI=1S/C17H25N3O/c1-4-14(5-2)17(21)18-11-8-12-20-13(3)19-15-9-6-7-10-16(15)20/h6-7,9-10,14H,4-5,8,11-12H2,1-3H3,(H,18,21). The summed E-state index contributed by atoms with van der Waals surface area (Å²) in [4.78, 5) is 16.5. The molecule has 0 unspecified atom stereocenters. The molecule has 1 heterocycles. The Kier molecular flexibility index (Phi) is 5.37. The molecule has 0 saturated heterocycles. The van der Waals surface area contributed by atoms with Crippen molar-refractivity contribution in [2.24, 2.45) is 5.92 Å². The summed E-state index contributed by atoms with van der Waals surface area (Å²) in [6.07, 6.45) is 2.74. The van der Waals surface area contributed by atoms with Crippen LogP contribution in [0.3, 0.4) is 0 Å². The minimum absolute atomic E-state index is 0.154. The molecule has 1 amide bonds. The molecule has 21 heavy (non-hydrogen) atoms. The van der Waals surface area contributed by atoms with Gasteiger partial charge in [-0.3, -0.25) is 4.79 Å². The summed E-state index contributed by atoms with van der Waals surface area (Å²) in [6.45, 7) is 7.77. The summed E-state index contributed by atoms with van der Waals surface area (Å²) >= 11 is 0. The third kappa shape index (κ3) is 3.63. The molecule has 0 spiro atoms. The predicted molar refractivity (Wildman–Crippen MR) is 86.2 cm³/mol. The molecule has 1 aromatic heterocycles. The maximum Gasteiger partial charge on any atom is 0.223 e. The molecule has 1 N–H and O–H groups in total. The lowest BCUT2D eigenvalue weighted by Crippen LogP contribution is -2.31. The first-order valence-corrected chi connectivity index (χ1v) is 7.87. The molecule has 0 saturated carbocycles. The van der Waals surface area contributed by atoms with Crippen molar-refractivity contribution in [3.63, 3.8) is 0 Å². The third-order valence-corrected chi connectivity index (χ3v) is 4.06. The highest BCUT2D eigenvalue weighted by Gasteiger charge is 2.13. The van der Waals surface area contributed by atoms with Gasteiger partial charge in [-0.15, -0.1) is 0 Å². The summed E-state index contributed by atoms with van der Waals surface area (Å²) < 4.78 is 2.22. The fourth-order valence-corrected chi connectivity index (χ4v) is 2.73. The molecule has 0 radical (unpaired) electrons. The second kappa shape index (κ2) is 7.25. The number of hydrogen-bond acceptors (Lipinski definition) is 2. The lowest BCUT2D eigenvalue weighted by atomic mass is 10.0. The number of amides is 1. The van der Waals surface area contributed by atoms with Crippen molar-refractivity contribution >= 4 is 16.9 Å². The summed E-state index contributed by atoms with van der Waals surface area (Å²) in [6, 6.07) is 8.18. The van der Waals surface area contributed by atoms with E-state index in [0.717, 1.165) is 43.7 Å². The van der Waals surface area contributed by atoms with Crippen molar-refractivity contribution in [3.05, 3.63) is 30.1 Å². The topological polar surface area (TPSA) is 46.9 Å². The molecule has 0 fully saturated rings. The number of fused-ring (bicyclic) bond motifs is 1. The van der Waals surface area contributed by atoms with Crippen LogP contribution in [0.5, 0.6) is 0 Å². The van der Waals surface area contributed by atoms with Gasteiger partial charge >= 0.3 is 0 Å². The Bertz CT molecular complexity index is 599. The van der Waals surface area contributed by atoms with E-state index in [1.54, 1.807) is 0 Å². The molecular weight excluding hydrogens is 262 g/mol. The first-order chi connectivity index (χ1) is 10.2. The Hall–Kier alpha value is -1.84. The van der Waals surface area contributed by atoms with Crippen LogP contribution in [-0.2, 0) is 11.3 Å². The van der Waals surface area contributed by atoms with Crippen LogP contribution in [0.1, 0.15) is 38.9 Å². The summed E-state index contributed by atoms with van der Waals surface area (Å²) in [5.41, 5.74) is 2.21. The molecule has 0 bridgehead atoms. The first-order valence-electron chi connectivity index (χ1n) is 7.87. The van der Waals surface area contributed by atoms with Crippen molar-refractivity contribution in [1.82, 2.24) is 14.9 Å². The lowest BCUT2D eigenvalue weighted by molar-refractivity contribution is -0.125. The van der Waals surface area contributed by atoms with E-state index in [1.165, 1.54) is 5.52 Å². The summed E-state index contributed by atoms with van der Waals surface area (Å²) in [7, 11) is 0. The van der Waals surface area contributed by atoms with E-state index in [1.807, 2.05) is 25.1 Å². The van der Waals surface area contributed by atoms with Crippen LogP contribution in [0.2, 0.25) is 0 Å². The molecule has 4 nitrogen and oxygen atoms in total. The van der Waals surface area contributed by atoms with Gasteiger partial charge in [0.1, 0.15) is 5.82 Å². The van der Waals surface area contributed by atoms with Crippen molar-refractivity contribution in [1.29, 1.82) is 0 Å². The van der Waals surface area contributed by atoms with Gasteiger partial charge in [-0.1, -0.05) is 26.0 Å². The Morgan fingerprint density at radius 2 is 2.00 bits per heavy atom. The minimum atomic E-state index is 0.154. The Morgan fingerprint density at radius 1 is 1.29 bits per heavy atom. The zero-order valence-electron chi connectivity index (χ0n) is 13.2. The maximum absolute atomic E-state index is 11.9. The quantitative estimate of drug-likeness (QED) is 0.794. The van der Waals surface area contributed by atoms with E-state index in [9.17, 15) is 4.79 Å². The van der Waals surface area contributed by atoms with Gasteiger partial charge in [-0.25, -0.2) is 4.98 Å². The fraction of sp³-hybridized carbons (Fsp3) is 0.529. The Labute approximate surface area is 126 Å². The number of hydrogen-bond donors (Lipinski definition) is 1. The highest BCUT2D eigenvalue weighted by molar-refractivity contribution is 5.78. The van der Waals surface area contributed by atoms with Crippen molar-refractivity contribution in [2.75, 3.05) is 6.54 Å². The normalized spacial score (nSPS) is 11.2. The molecule has 4 heteroatoms. The molecule has 114 valence electrons. The average Bonchev–Trinajstić information content (AvgIpc) is 2.80. The smallest absolute Gasteiger partial charge is 0.223 e. The van der Waals surface area contributed by atoms with E-state index < -0.39 is 0 Å². The molecular formula is C17H25N3O. The van der Waals surface area contributed by atoms with Gasteiger partial charge in [-0.05, 0) is 38.3 Å². The highest BCUT2D eigenvalue weighted by atomic mass is 16.1. The van der Waals surface area contributed by atoms with Crippen LogP contribution < -0.4 is 5.32 Å². The number of carbonyl (C=O) groups is 1. The number of aromatic nitrogens is 2. The van der Waals surface area contributed by atoms with E-state index in [0.29, 0.717) is 0 Å². The molecule has 0 atom stereocenters. The van der Waals surface area contributed by atoms with Crippen LogP contribution in [0.4, 0.5) is 0 Å². The number of carbonyl (C=O) groups excluding carboxylic acids is 1. The number of rotatable bonds is 7. The van der Waals surface area contributed by atoms with Crippen molar-refractivity contribution in [3.8, 4) is 0 Å². The first kappa shape index (κ1) is 15.5. The third-order valence-electron chi connectivity index (χ3n) is 4.06. The number of imidazole rings is 1. The zero-order chi connectivity index (χ0) is 15.2. The maximum atomic E-state index is 11.9. The van der Waals surface area contributed by atoms with Gasteiger partial charge in [0.15, 0.2) is 0 Å². The van der Waals surface area contributed by atoms with Crippen LogP contribution >= 0.6 is 0 Å². The van der Waals surface area contributed by atoms with Crippen LogP contribution in [-0.4, -0.2) is 22.0 Å².